The normalized spacial score (nSPS) is 13.9. The first-order valence-corrected chi connectivity index (χ1v) is 4.75. The highest BCUT2D eigenvalue weighted by Gasteiger charge is 2.15. The number of hydrogen-bond acceptors (Lipinski definition) is 0. The van der Waals surface area contributed by atoms with Gasteiger partial charge in [0.05, 0.1) is 0 Å². The van der Waals surface area contributed by atoms with Gasteiger partial charge in [-0.2, -0.15) is 0 Å². The third kappa shape index (κ3) is 2.00. The molecule has 0 aromatic heterocycles. The summed E-state index contributed by atoms with van der Waals surface area (Å²) in [5, 5.41) is 0. The Morgan fingerprint density at radius 2 is 1.64 bits per heavy atom. The lowest BCUT2D eigenvalue weighted by molar-refractivity contribution is 0.488. The highest BCUT2D eigenvalue weighted by atomic mass is 19.2. The van der Waals surface area contributed by atoms with Crippen molar-refractivity contribution in [3.63, 3.8) is 0 Å². The molecule has 2 rings (SSSR count). The van der Waals surface area contributed by atoms with Crippen molar-refractivity contribution in [2.45, 2.75) is 25.7 Å². The largest absolute Gasteiger partial charge is 0.204 e. The molecule has 0 saturated carbocycles. The van der Waals surface area contributed by atoms with E-state index in [1.54, 1.807) is 6.07 Å². The zero-order valence-electron chi connectivity index (χ0n) is 8.15. The fourth-order valence-electron chi connectivity index (χ4n) is 1.75. The molecule has 0 saturated heterocycles. The minimum atomic E-state index is -0.712. The van der Waals surface area contributed by atoms with Gasteiger partial charge in [0.2, 0.25) is 0 Å². The van der Waals surface area contributed by atoms with Crippen molar-refractivity contribution in [2.24, 2.45) is 0 Å². The first kappa shape index (κ1) is 10.9. The maximum absolute atomic E-state index is 13.1. The van der Waals surface area contributed by atoms with Crippen LogP contribution in [0, 0.1) is 11.6 Å². The Hall–Kier alpha value is -1.18. The molecule has 1 aliphatic carbocycles. The predicted molar refractivity (Wildman–Crippen MR) is 54.3 cm³/mol. The van der Waals surface area contributed by atoms with Crippen LogP contribution in [0.2, 0.25) is 0 Å². The summed E-state index contributed by atoms with van der Waals surface area (Å²) in [6.45, 7) is 6.00. The molecule has 76 valence electrons. The monoisotopic (exact) mass is 196 g/mol. The maximum Gasteiger partial charge on any atom is 0.162 e. The Labute approximate surface area is 83.3 Å². The highest BCUT2D eigenvalue weighted by Crippen LogP contribution is 2.24. The molecule has 2 heteroatoms. The number of hydrogen-bond donors (Lipinski definition) is 0. The summed E-state index contributed by atoms with van der Waals surface area (Å²) in [6.07, 6.45) is 3.66. The van der Waals surface area contributed by atoms with Crippen LogP contribution >= 0.6 is 0 Å². The lowest BCUT2D eigenvalue weighted by Crippen LogP contribution is -2.06. The highest BCUT2D eigenvalue weighted by molar-refractivity contribution is 5.31. The Balaban J connectivity index is 0.000000461. The van der Waals surface area contributed by atoms with Gasteiger partial charge in [0, 0.05) is 0 Å². The van der Waals surface area contributed by atoms with E-state index in [9.17, 15) is 8.78 Å². The van der Waals surface area contributed by atoms with Crippen molar-refractivity contribution >= 4 is 0 Å². The molecule has 14 heavy (non-hydrogen) atoms. The molecule has 1 aromatic carbocycles. The van der Waals surface area contributed by atoms with Crippen LogP contribution < -0.4 is 0 Å². The molecule has 0 radical (unpaired) electrons. The minimum absolute atomic E-state index is 0.598. The molecule has 1 aromatic rings. The third-order valence-corrected chi connectivity index (χ3v) is 2.42. The second kappa shape index (κ2) is 4.89. The maximum atomic E-state index is 13.1. The molecular weight excluding hydrogens is 182 g/mol. The van der Waals surface area contributed by atoms with Gasteiger partial charge in [-0.3, -0.25) is 0 Å². The molecule has 0 aliphatic heterocycles. The molecule has 0 heterocycles. The van der Waals surface area contributed by atoms with Gasteiger partial charge >= 0.3 is 0 Å². The lowest BCUT2D eigenvalue weighted by atomic mass is 9.91. The van der Waals surface area contributed by atoms with Crippen LogP contribution in [0.3, 0.4) is 0 Å². The van der Waals surface area contributed by atoms with Crippen LogP contribution in [0.5, 0.6) is 0 Å². The summed E-state index contributed by atoms with van der Waals surface area (Å²) in [5.41, 5.74) is 1.58. The van der Waals surface area contributed by atoms with E-state index in [-0.39, 0.29) is 0 Å². The summed E-state index contributed by atoms with van der Waals surface area (Å²) >= 11 is 0. The number of fused-ring (bicyclic) bond motifs is 1. The second-order valence-corrected chi connectivity index (χ2v) is 3.21. The predicted octanol–water partition coefficient (Wildman–Crippen LogP) is 3.65. The molecule has 0 amide bonds. The Morgan fingerprint density at radius 3 is 2.36 bits per heavy atom. The number of halogens is 2. The van der Waals surface area contributed by atoms with Crippen molar-refractivity contribution in [1.29, 1.82) is 0 Å². The van der Waals surface area contributed by atoms with Crippen LogP contribution in [0.15, 0.2) is 25.3 Å². The molecule has 0 nitrogen and oxygen atoms in total. The second-order valence-electron chi connectivity index (χ2n) is 3.21. The Kier molecular flexibility index (Phi) is 3.81. The SMILES string of the molecule is C=C.Fc1ccc2c(c1F)CCCC2. The van der Waals surface area contributed by atoms with Crippen molar-refractivity contribution < 1.29 is 8.78 Å². The molecular formula is C12H14F2. The van der Waals surface area contributed by atoms with E-state index >= 15 is 0 Å². The molecule has 0 unspecified atom stereocenters. The van der Waals surface area contributed by atoms with E-state index in [1.807, 2.05) is 0 Å². The van der Waals surface area contributed by atoms with Crippen molar-refractivity contribution in [1.82, 2.24) is 0 Å². The lowest BCUT2D eigenvalue weighted by Gasteiger charge is -2.15. The first-order valence-electron chi connectivity index (χ1n) is 4.75. The van der Waals surface area contributed by atoms with Gasteiger partial charge < -0.3 is 0 Å². The molecule has 0 bridgehead atoms. The fraction of sp³-hybridized carbons (Fsp3) is 0.333. The van der Waals surface area contributed by atoms with Crippen molar-refractivity contribution in [2.75, 3.05) is 0 Å². The topological polar surface area (TPSA) is 0 Å². The molecule has 0 N–H and O–H groups in total. The third-order valence-electron chi connectivity index (χ3n) is 2.42. The average molecular weight is 196 g/mol. The fourth-order valence-corrected chi connectivity index (χ4v) is 1.75. The summed E-state index contributed by atoms with van der Waals surface area (Å²) in [5.74, 6) is -1.34. The Morgan fingerprint density at radius 1 is 1.00 bits per heavy atom. The minimum Gasteiger partial charge on any atom is -0.204 e. The number of rotatable bonds is 0. The van der Waals surface area contributed by atoms with E-state index in [4.69, 9.17) is 0 Å². The van der Waals surface area contributed by atoms with Crippen molar-refractivity contribution in [3.8, 4) is 0 Å². The van der Waals surface area contributed by atoms with E-state index in [1.165, 1.54) is 6.07 Å². The number of aryl methyl sites for hydroxylation is 1. The van der Waals surface area contributed by atoms with Gasteiger partial charge in [-0.15, -0.1) is 13.2 Å². The zero-order valence-corrected chi connectivity index (χ0v) is 8.15. The molecule has 0 atom stereocenters. The van der Waals surface area contributed by atoms with E-state index in [0.717, 1.165) is 24.8 Å². The molecule has 0 fully saturated rings. The summed E-state index contributed by atoms with van der Waals surface area (Å²) in [7, 11) is 0. The van der Waals surface area contributed by atoms with E-state index in [2.05, 4.69) is 13.2 Å². The smallest absolute Gasteiger partial charge is 0.162 e. The molecule has 0 spiro atoms. The quantitative estimate of drug-likeness (QED) is 0.556. The first-order chi connectivity index (χ1) is 6.79. The van der Waals surface area contributed by atoms with Gasteiger partial charge in [0.15, 0.2) is 11.6 Å². The van der Waals surface area contributed by atoms with Gasteiger partial charge in [-0.05, 0) is 42.9 Å². The summed E-state index contributed by atoms with van der Waals surface area (Å²) in [6, 6.07) is 2.92. The standard InChI is InChI=1S/C10H10F2.C2H4/c11-9-6-5-7-3-1-2-4-8(7)10(9)12;1-2/h5-6H,1-4H2;1-2H2. The van der Waals surface area contributed by atoms with Gasteiger partial charge in [-0.1, -0.05) is 6.07 Å². The van der Waals surface area contributed by atoms with Crippen LogP contribution in [0.25, 0.3) is 0 Å². The Bertz CT molecular complexity index is 318. The van der Waals surface area contributed by atoms with Gasteiger partial charge in [0.1, 0.15) is 0 Å². The summed E-state index contributed by atoms with van der Waals surface area (Å²) < 4.78 is 25.8. The zero-order chi connectivity index (χ0) is 10.6. The van der Waals surface area contributed by atoms with E-state index < -0.39 is 11.6 Å². The van der Waals surface area contributed by atoms with Crippen LogP contribution in [-0.2, 0) is 12.8 Å². The molecule has 1 aliphatic rings. The van der Waals surface area contributed by atoms with E-state index in [0.29, 0.717) is 12.0 Å². The van der Waals surface area contributed by atoms with Crippen molar-refractivity contribution in [3.05, 3.63) is 48.1 Å². The van der Waals surface area contributed by atoms with Gasteiger partial charge in [0.25, 0.3) is 0 Å². The average Bonchev–Trinajstić information content (AvgIpc) is 2.27. The van der Waals surface area contributed by atoms with Gasteiger partial charge in [-0.25, -0.2) is 8.78 Å². The van der Waals surface area contributed by atoms with Crippen LogP contribution in [-0.4, -0.2) is 0 Å². The van der Waals surface area contributed by atoms with Crippen LogP contribution in [0.4, 0.5) is 8.78 Å². The number of benzene rings is 1. The summed E-state index contributed by atoms with van der Waals surface area (Å²) in [4.78, 5) is 0. The van der Waals surface area contributed by atoms with Crippen LogP contribution in [0.1, 0.15) is 24.0 Å².